The molecule has 0 aliphatic rings. The van der Waals surface area contributed by atoms with Crippen molar-refractivity contribution in [3.05, 3.63) is 41.1 Å². The standard InChI is InChI=1S/C13H13N3O3S/c1-9-10(2)15-19-13(9)16-20(17,18)12-5-3-11(4-6-12)7-8-14/h3-6,16H,7H2,1-2H3. The first-order valence-corrected chi connectivity index (χ1v) is 7.34. The Morgan fingerprint density at radius 1 is 1.30 bits per heavy atom. The Hall–Kier alpha value is -2.33. The summed E-state index contributed by atoms with van der Waals surface area (Å²) in [6.07, 6.45) is 0.244. The third kappa shape index (κ3) is 2.81. The summed E-state index contributed by atoms with van der Waals surface area (Å²) in [5.74, 6) is 0.114. The lowest BCUT2D eigenvalue weighted by atomic mass is 10.2. The lowest BCUT2D eigenvalue weighted by Crippen LogP contribution is -2.13. The second kappa shape index (κ2) is 5.35. The topological polar surface area (TPSA) is 96.0 Å². The van der Waals surface area contributed by atoms with Crippen LogP contribution in [0.1, 0.15) is 16.8 Å². The fourth-order valence-electron chi connectivity index (χ4n) is 1.57. The number of nitrogens with one attached hydrogen (secondary N) is 1. The van der Waals surface area contributed by atoms with Gasteiger partial charge >= 0.3 is 0 Å². The molecule has 0 saturated carbocycles. The maximum absolute atomic E-state index is 12.2. The lowest BCUT2D eigenvalue weighted by molar-refractivity contribution is 0.430. The van der Waals surface area contributed by atoms with E-state index in [-0.39, 0.29) is 17.2 Å². The summed E-state index contributed by atoms with van der Waals surface area (Å²) >= 11 is 0. The highest BCUT2D eigenvalue weighted by Gasteiger charge is 2.18. The normalized spacial score (nSPS) is 11.1. The highest BCUT2D eigenvalue weighted by atomic mass is 32.2. The van der Waals surface area contributed by atoms with E-state index < -0.39 is 10.0 Å². The van der Waals surface area contributed by atoms with Crippen molar-refractivity contribution in [2.24, 2.45) is 0 Å². The van der Waals surface area contributed by atoms with Crippen LogP contribution in [0.15, 0.2) is 33.7 Å². The molecule has 1 N–H and O–H groups in total. The fraction of sp³-hybridized carbons (Fsp3) is 0.231. The van der Waals surface area contributed by atoms with Crippen LogP contribution in [0.5, 0.6) is 0 Å². The van der Waals surface area contributed by atoms with Gasteiger partial charge in [0.1, 0.15) is 0 Å². The van der Waals surface area contributed by atoms with Gasteiger partial charge in [0.05, 0.1) is 23.1 Å². The number of nitriles is 1. The predicted octanol–water partition coefficient (Wildman–Crippen LogP) is 2.16. The maximum atomic E-state index is 12.2. The van der Waals surface area contributed by atoms with Gasteiger partial charge < -0.3 is 4.52 Å². The summed E-state index contributed by atoms with van der Waals surface area (Å²) in [7, 11) is -3.72. The Bertz CT molecular complexity index is 755. The third-order valence-electron chi connectivity index (χ3n) is 2.90. The molecule has 2 aromatic rings. The van der Waals surface area contributed by atoms with Gasteiger partial charge in [-0.05, 0) is 31.5 Å². The van der Waals surface area contributed by atoms with Gasteiger partial charge in [-0.15, -0.1) is 0 Å². The van der Waals surface area contributed by atoms with Crippen LogP contribution in [-0.4, -0.2) is 13.6 Å². The van der Waals surface area contributed by atoms with E-state index in [4.69, 9.17) is 9.78 Å². The third-order valence-corrected chi connectivity index (χ3v) is 4.25. The van der Waals surface area contributed by atoms with E-state index in [2.05, 4.69) is 9.88 Å². The quantitative estimate of drug-likeness (QED) is 0.931. The van der Waals surface area contributed by atoms with Crippen LogP contribution >= 0.6 is 0 Å². The molecule has 0 atom stereocenters. The van der Waals surface area contributed by atoms with E-state index >= 15 is 0 Å². The molecule has 0 spiro atoms. The number of rotatable bonds is 4. The molecule has 1 aromatic carbocycles. The van der Waals surface area contributed by atoms with E-state index in [0.29, 0.717) is 11.3 Å². The van der Waals surface area contributed by atoms with E-state index in [1.54, 1.807) is 26.0 Å². The van der Waals surface area contributed by atoms with Crippen molar-refractivity contribution < 1.29 is 12.9 Å². The molecule has 0 radical (unpaired) electrons. The minimum Gasteiger partial charge on any atom is -0.337 e. The molecule has 104 valence electrons. The Morgan fingerprint density at radius 2 is 1.95 bits per heavy atom. The molecule has 0 aliphatic carbocycles. The summed E-state index contributed by atoms with van der Waals surface area (Å²) in [5.41, 5.74) is 2.04. The summed E-state index contributed by atoms with van der Waals surface area (Å²) in [6, 6.07) is 8.12. The number of aryl methyl sites for hydroxylation is 1. The fourth-order valence-corrected chi connectivity index (χ4v) is 2.62. The minimum atomic E-state index is -3.72. The SMILES string of the molecule is Cc1noc(NS(=O)(=O)c2ccc(CC#N)cc2)c1C. The molecule has 0 bridgehead atoms. The van der Waals surface area contributed by atoms with Gasteiger partial charge in [0, 0.05) is 5.56 Å². The van der Waals surface area contributed by atoms with Gasteiger partial charge in [-0.3, -0.25) is 0 Å². The summed E-state index contributed by atoms with van der Waals surface area (Å²) < 4.78 is 31.6. The van der Waals surface area contributed by atoms with Crippen LogP contribution in [0.4, 0.5) is 5.88 Å². The molecule has 0 aliphatic heterocycles. The molecule has 6 nitrogen and oxygen atoms in total. The van der Waals surface area contributed by atoms with Crippen LogP contribution in [-0.2, 0) is 16.4 Å². The van der Waals surface area contributed by atoms with Crippen molar-refractivity contribution in [2.75, 3.05) is 4.72 Å². The van der Waals surface area contributed by atoms with Crippen molar-refractivity contribution in [3.63, 3.8) is 0 Å². The highest BCUT2D eigenvalue weighted by Crippen LogP contribution is 2.21. The predicted molar refractivity (Wildman–Crippen MR) is 72.5 cm³/mol. The van der Waals surface area contributed by atoms with Crippen molar-refractivity contribution in [1.82, 2.24) is 5.16 Å². The van der Waals surface area contributed by atoms with E-state index in [1.807, 2.05) is 6.07 Å². The highest BCUT2D eigenvalue weighted by molar-refractivity contribution is 7.92. The van der Waals surface area contributed by atoms with Gasteiger partial charge in [-0.1, -0.05) is 17.3 Å². The van der Waals surface area contributed by atoms with Crippen molar-refractivity contribution in [2.45, 2.75) is 25.2 Å². The van der Waals surface area contributed by atoms with Crippen molar-refractivity contribution in [1.29, 1.82) is 5.26 Å². The molecule has 7 heteroatoms. The van der Waals surface area contributed by atoms with Gasteiger partial charge in [0.25, 0.3) is 10.0 Å². The molecule has 20 heavy (non-hydrogen) atoms. The van der Waals surface area contributed by atoms with Gasteiger partial charge in [-0.2, -0.15) is 5.26 Å². The molecule has 2 rings (SSSR count). The molecular formula is C13H13N3O3S. The van der Waals surface area contributed by atoms with E-state index in [9.17, 15) is 8.42 Å². The zero-order valence-corrected chi connectivity index (χ0v) is 11.9. The van der Waals surface area contributed by atoms with Gasteiger partial charge in [0.2, 0.25) is 5.88 Å². The number of anilines is 1. The molecule has 1 heterocycles. The van der Waals surface area contributed by atoms with E-state index in [1.165, 1.54) is 12.1 Å². The maximum Gasteiger partial charge on any atom is 0.264 e. The Balaban J connectivity index is 2.26. The smallest absolute Gasteiger partial charge is 0.264 e. The first kappa shape index (κ1) is 14.1. The average molecular weight is 291 g/mol. The number of aromatic nitrogens is 1. The lowest BCUT2D eigenvalue weighted by Gasteiger charge is -2.06. The van der Waals surface area contributed by atoms with Crippen molar-refractivity contribution in [3.8, 4) is 6.07 Å². The van der Waals surface area contributed by atoms with Crippen molar-refractivity contribution >= 4 is 15.9 Å². The van der Waals surface area contributed by atoms with Crippen LogP contribution < -0.4 is 4.72 Å². The molecule has 0 fully saturated rings. The zero-order valence-electron chi connectivity index (χ0n) is 11.0. The van der Waals surface area contributed by atoms with Gasteiger partial charge in [-0.25, -0.2) is 13.1 Å². The molecular weight excluding hydrogens is 278 g/mol. The first-order chi connectivity index (χ1) is 9.44. The Morgan fingerprint density at radius 3 is 2.45 bits per heavy atom. The zero-order chi connectivity index (χ0) is 14.8. The second-order valence-corrected chi connectivity index (χ2v) is 5.99. The monoisotopic (exact) mass is 291 g/mol. The average Bonchev–Trinajstić information content (AvgIpc) is 2.71. The van der Waals surface area contributed by atoms with Crippen LogP contribution in [0, 0.1) is 25.2 Å². The largest absolute Gasteiger partial charge is 0.337 e. The number of sulfonamides is 1. The van der Waals surface area contributed by atoms with E-state index in [0.717, 1.165) is 5.56 Å². The first-order valence-electron chi connectivity index (χ1n) is 5.85. The number of nitrogens with zero attached hydrogens (tertiary/aromatic N) is 2. The molecule has 1 aromatic heterocycles. The molecule has 0 unspecified atom stereocenters. The minimum absolute atomic E-state index is 0.104. The van der Waals surface area contributed by atoms with Gasteiger partial charge in [0.15, 0.2) is 0 Å². The van der Waals surface area contributed by atoms with Crippen LogP contribution in [0.3, 0.4) is 0 Å². The number of benzene rings is 1. The Kier molecular flexibility index (Phi) is 3.77. The summed E-state index contributed by atoms with van der Waals surface area (Å²) in [6.45, 7) is 3.45. The Labute approximate surface area is 117 Å². The van der Waals surface area contributed by atoms with Crippen LogP contribution in [0.2, 0.25) is 0 Å². The number of hydrogen-bond acceptors (Lipinski definition) is 5. The number of hydrogen-bond donors (Lipinski definition) is 1. The summed E-state index contributed by atoms with van der Waals surface area (Å²) in [4.78, 5) is 0.104. The molecule has 0 saturated heterocycles. The van der Waals surface area contributed by atoms with Crippen LogP contribution in [0.25, 0.3) is 0 Å². The summed E-state index contributed by atoms with van der Waals surface area (Å²) in [5, 5.41) is 12.3. The molecule has 0 amide bonds. The second-order valence-electron chi connectivity index (χ2n) is 4.31.